The number of benzene rings is 1. The first-order chi connectivity index (χ1) is 10.1. The van der Waals surface area contributed by atoms with E-state index in [0.29, 0.717) is 12.5 Å². The largest absolute Gasteiger partial charge is 0.334 e. The maximum atomic E-state index is 12.1. The quantitative estimate of drug-likeness (QED) is 0.854. The second kappa shape index (κ2) is 7.78. The molecule has 2 aromatic rings. The van der Waals surface area contributed by atoms with Crippen LogP contribution in [0.3, 0.4) is 0 Å². The maximum Gasteiger partial charge on any atom is 0.315 e. The summed E-state index contributed by atoms with van der Waals surface area (Å²) >= 11 is 1.58. The molecule has 1 atom stereocenters. The van der Waals surface area contributed by atoms with Crippen LogP contribution in [-0.2, 0) is 6.54 Å². The highest BCUT2D eigenvalue weighted by Crippen LogP contribution is 2.22. The lowest BCUT2D eigenvalue weighted by Gasteiger charge is -2.19. The first kappa shape index (κ1) is 15.5. The molecule has 2 amide bonds. The topological polar surface area (TPSA) is 54.0 Å². The van der Waals surface area contributed by atoms with Gasteiger partial charge in [-0.05, 0) is 17.9 Å². The van der Waals surface area contributed by atoms with Crippen molar-refractivity contribution < 1.29 is 4.79 Å². The van der Waals surface area contributed by atoms with Crippen molar-refractivity contribution >= 4 is 17.4 Å². The van der Waals surface area contributed by atoms with Gasteiger partial charge in [-0.3, -0.25) is 0 Å². The van der Waals surface area contributed by atoms with Gasteiger partial charge in [-0.25, -0.2) is 9.78 Å². The molecule has 0 radical (unpaired) electrons. The van der Waals surface area contributed by atoms with Crippen molar-refractivity contribution in [3.05, 3.63) is 52.5 Å². The van der Waals surface area contributed by atoms with E-state index < -0.39 is 0 Å². The lowest BCUT2D eigenvalue weighted by Crippen LogP contribution is -2.38. The van der Waals surface area contributed by atoms with Crippen LogP contribution in [0.5, 0.6) is 0 Å². The summed E-state index contributed by atoms with van der Waals surface area (Å²) in [6.45, 7) is 4.81. The second-order valence-corrected chi connectivity index (χ2v) is 6.29. The number of nitrogens with one attached hydrogen (secondary N) is 2. The Bertz CT molecular complexity index is 540. The zero-order chi connectivity index (χ0) is 15.1. The van der Waals surface area contributed by atoms with E-state index in [1.807, 2.05) is 35.7 Å². The molecular weight excluding hydrogens is 282 g/mol. The molecule has 0 aliphatic heterocycles. The predicted octanol–water partition coefficient (Wildman–Crippen LogP) is 3.73. The van der Waals surface area contributed by atoms with Gasteiger partial charge in [0.05, 0.1) is 6.04 Å². The van der Waals surface area contributed by atoms with E-state index in [1.54, 1.807) is 17.5 Å². The zero-order valence-electron chi connectivity index (χ0n) is 12.4. The number of nitrogens with zero attached hydrogens (tertiary/aromatic N) is 1. The SMILES string of the molecule is CC(C)CC(NC(=O)NCc1ccccc1)c1nccs1. The molecule has 1 unspecified atom stereocenters. The highest BCUT2D eigenvalue weighted by molar-refractivity contribution is 7.09. The van der Waals surface area contributed by atoms with E-state index in [0.717, 1.165) is 17.0 Å². The Morgan fingerprint density at radius 1 is 1.29 bits per heavy atom. The van der Waals surface area contributed by atoms with Crippen molar-refractivity contribution in [2.75, 3.05) is 0 Å². The molecule has 0 bridgehead atoms. The zero-order valence-corrected chi connectivity index (χ0v) is 13.2. The lowest BCUT2D eigenvalue weighted by molar-refractivity contribution is 0.234. The summed E-state index contributed by atoms with van der Waals surface area (Å²) in [6.07, 6.45) is 2.66. The number of carbonyl (C=O) groups is 1. The average Bonchev–Trinajstić information content (AvgIpc) is 2.99. The number of carbonyl (C=O) groups excluding carboxylic acids is 1. The number of hydrogen-bond donors (Lipinski definition) is 2. The molecule has 0 aliphatic rings. The molecule has 1 heterocycles. The van der Waals surface area contributed by atoms with Crippen molar-refractivity contribution in [1.82, 2.24) is 15.6 Å². The fourth-order valence-electron chi connectivity index (χ4n) is 2.09. The molecular formula is C16H21N3OS. The van der Waals surface area contributed by atoms with Gasteiger partial charge in [0.15, 0.2) is 0 Å². The third-order valence-corrected chi connectivity index (χ3v) is 3.95. The summed E-state index contributed by atoms with van der Waals surface area (Å²) in [4.78, 5) is 16.4. The van der Waals surface area contributed by atoms with E-state index in [-0.39, 0.29) is 12.1 Å². The molecule has 0 saturated heterocycles. The van der Waals surface area contributed by atoms with Crippen LogP contribution in [0.15, 0.2) is 41.9 Å². The van der Waals surface area contributed by atoms with Crippen molar-refractivity contribution in [2.45, 2.75) is 32.9 Å². The van der Waals surface area contributed by atoms with E-state index in [4.69, 9.17) is 0 Å². The van der Waals surface area contributed by atoms with Crippen LogP contribution in [0.1, 0.15) is 36.9 Å². The Morgan fingerprint density at radius 2 is 2.05 bits per heavy atom. The Labute approximate surface area is 129 Å². The standard InChI is InChI=1S/C16H21N3OS/c1-12(2)10-14(15-17-8-9-21-15)19-16(20)18-11-13-6-4-3-5-7-13/h3-9,12,14H,10-11H2,1-2H3,(H2,18,19,20). The van der Waals surface area contributed by atoms with Gasteiger partial charge in [0.25, 0.3) is 0 Å². The van der Waals surface area contributed by atoms with E-state index in [9.17, 15) is 4.79 Å². The second-order valence-electron chi connectivity index (χ2n) is 5.37. The molecule has 0 spiro atoms. The number of rotatable bonds is 6. The molecule has 0 fully saturated rings. The predicted molar refractivity (Wildman–Crippen MR) is 86.1 cm³/mol. The first-order valence-corrected chi connectivity index (χ1v) is 8.01. The van der Waals surface area contributed by atoms with Crippen molar-refractivity contribution in [3.8, 4) is 0 Å². The fraction of sp³-hybridized carbons (Fsp3) is 0.375. The monoisotopic (exact) mass is 303 g/mol. The minimum absolute atomic E-state index is 0.0271. The number of aromatic nitrogens is 1. The summed E-state index contributed by atoms with van der Waals surface area (Å²) in [5.74, 6) is 0.494. The van der Waals surface area contributed by atoms with Gasteiger partial charge in [-0.1, -0.05) is 44.2 Å². The molecule has 5 heteroatoms. The van der Waals surface area contributed by atoms with Gasteiger partial charge < -0.3 is 10.6 Å². The minimum atomic E-state index is -0.153. The van der Waals surface area contributed by atoms with Crippen molar-refractivity contribution in [1.29, 1.82) is 0 Å². The average molecular weight is 303 g/mol. The number of thiazole rings is 1. The van der Waals surface area contributed by atoms with Gasteiger partial charge in [-0.15, -0.1) is 11.3 Å². The molecule has 0 aliphatic carbocycles. The number of hydrogen-bond acceptors (Lipinski definition) is 3. The normalized spacial score (nSPS) is 12.1. The molecule has 21 heavy (non-hydrogen) atoms. The van der Waals surface area contributed by atoms with Crippen LogP contribution in [0, 0.1) is 5.92 Å². The van der Waals surface area contributed by atoms with Crippen molar-refractivity contribution in [2.24, 2.45) is 5.92 Å². The van der Waals surface area contributed by atoms with E-state index >= 15 is 0 Å². The molecule has 112 valence electrons. The highest BCUT2D eigenvalue weighted by Gasteiger charge is 2.18. The Balaban J connectivity index is 1.89. The summed E-state index contributed by atoms with van der Waals surface area (Å²) < 4.78 is 0. The third kappa shape index (κ3) is 5.19. The van der Waals surface area contributed by atoms with Crippen LogP contribution in [-0.4, -0.2) is 11.0 Å². The lowest BCUT2D eigenvalue weighted by atomic mass is 10.0. The Kier molecular flexibility index (Phi) is 5.75. The summed E-state index contributed by atoms with van der Waals surface area (Å²) in [6, 6.07) is 9.70. The smallest absolute Gasteiger partial charge is 0.315 e. The molecule has 2 N–H and O–H groups in total. The van der Waals surface area contributed by atoms with Crippen molar-refractivity contribution in [3.63, 3.8) is 0 Å². The summed E-state index contributed by atoms with van der Waals surface area (Å²) in [5.41, 5.74) is 1.09. The first-order valence-electron chi connectivity index (χ1n) is 7.13. The Hall–Kier alpha value is -1.88. The maximum absolute atomic E-state index is 12.1. The highest BCUT2D eigenvalue weighted by atomic mass is 32.1. The Morgan fingerprint density at radius 3 is 2.67 bits per heavy atom. The number of amides is 2. The minimum Gasteiger partial charge on any atom is -0.334 e. The molecule has 2 rings (SSSR count). The van der Waals surface area contributed by atoms with Gasteiger partial charge in [0.1, 0.15) is 5.01 Å². The van der Waals surface area contributed by atoms with Crippen LogP contribution in [0.4, 0.5) is 4.79 Å². The van der Waals surface area contributed by atoms with E-state index in [1.165, 1.54) is 0 Å². The van der Waals surface area contributed by atoms with Gasteiger partial charge in [0.2, 0.25) is 0 Å². The summed E-state index contributed by atoms with van der Waals surface area (Å²) in [7, 11) is 0. The van der Waals surface area contributed by atoms with Crippen LogP contribution < -0.4 is 10.6 Å². The van der Waals surface area contributed by atoms with Crippen LogP contribution in [0.25, 0.3) is 0 Å². The molecule has 0 saturated carbocycles. The molecule has 4 nitrogen and oxygen atoms in total. The fourth-order valence-corrected chi connectivity index (χ4v) is 2.79. The third-order valence-electron chi connectivity index (χ3n) is 3.06. The summed E-state index contributed by atoms with van der Waals surface area (Å²) in [5, 5.41) is 8.80. The molecule has 1 aromatic heterocycles. The van der Waals surface area contributed by atoms with E-state index in [2.05, 4.69) is 29.5 Å². The van der Waals surface area contributed by atoms with Gasteiger partial charge in [-0.2, -0.15) is 0 Å². The van der Waals surface area contributed by atoms with Gasteiger partial charge >= 0.3 is 6.03 Å². The van der Waals surface area contributed by atoms with Crippen LogP contribution in [0.2, 0.25) is 0 Å². The van der Waals surface area contributed by atoms with Crippen LogP contribution >= 0.6 is 11.3 Å². The number of urea groups is 1. The molecule has 1 aromatic carbocycles. The van der Waals surface area contributed by atoms with Gasteiger partial charge in [0, 0.05) is 18.1 Å².